The summed E-state index contributed by atoms with van der Waals surface area (Å²) in [5, 5.41) is 0. The van der Waals surface area contributed by atoms with E-state index < -0.39 is 11.0 Å². The standard InChI is InChI=1S/C6H2Br2ClF3S/c7-2-1-3(13-5(2)9)4(8)6(10,11)12/h1,4H. The highest BCUT2D eigenvalue weighted by molar-refractivity contribution is 9.10. The summed E-state index contributed by atoms with van der Waals surface area (Å²) in [6.07, 6.45) is -4.28. The molecule has 1 atom stereocenters. The van der Waals surface area contributed by atoms with Crippen molar-refractivity contribution in [3.05, 3.63) is 19.8 Å². The second kappa shape index (κ2) is 4.08. The quantitative estimate of drug-likeness (QED) is 0.608. The van der Waals surface area contributed by atoms with Crippen molar-refractivity contribution in [3.63, 3.8) is 0 Å². The minimum absolute atomic E-state index is 0.143. The van der Waals surface area contributed by atoms with E-state index in [2.05, 4.69) is 31.9 Å². The first-order valence-corrected chi connectivity index (χ1v) is 5.88. The molecule has 0 saturated carbocycles. The Hall–Kier alpha value is 0.740. The molecular weight excluding hydrogens is 356 g/mol. The van der Waals surface area contributed by atoms with E-state index in [1.54, 1.807) is 0 Å². The summed E-state index contributed by atoms with van der Waals surface area (Å²) in [7, 11) is 0. The van der Waals surface area contributed by atoms with Crippen molar-refractivity contribution in [3.8, 4) is 0 Å². The van der Waals surface area contributed by atoms with Crippen molar-refractivity contribution >= 4 is 54.8 Å². The summed E-state index contributed by atoms with van der Waals surface area (Å²) in [6.45, 7) is 0. The summed E-state index contributed by atoms with van der Waals surface area (Å²) >= 11 is 12.1. The maximum atomic E-state index is 12.2. The van der Waals surface area contributed by atoms with Crippen LogP contribution in [-0.2, 0) is 0 Å². The van der Waals surface area contributed by atoms with Crippen LogP contribution in [0, 0.1) is 0 Å². The van der Waals surface area contributed by atoms with Crippen molar-refractivity contribution < 1.29 is 13.2 Å². The van der Waals surface area contributed by atoms with Crippen LogP contribution in [0.25, 0.3) is 0 Å². The summed E-state index contributed by atoms with van der Waals surface area (Å²) < 4.78 is 37.3. The Morgan fingerprint density at radius 1 is 1.46 bits per heavy atom. The van der Waals surface area contributed by atoms with Crippen LogP contribution in [0.1, 0.15) is 9.70 Å². The largest absolute Gasteiger partial charge is 0.405 e. The Balaban J connectivity index is 2.96. The molecule has 0 radical (unpaired) electrons. The zero-order valence-corrected chi connectivity index (χ0v) is 10.6. The molecule has 13 heavy (non-hydrogen) atoms. The molecule has 0 aliphatic heterocycles. The molecule has 1 unspecified atom stereocenters. The zero-order valence-electron chi connectivity index (χ0n) is 5.83. The van der Waals surface area contributed by atoms with E-state index in [9.17, 15) is 13.2 Å². The van der Waals surface area contributed by atoms with Crippen molar-refractivity contribution in [2.24, 2.45) is 0 Å². The highest BCUT2D eigenvalue weighted by Gasteiger charge is 2.40. The first-order chi connectivity index (χ1) is 5.82. The third-order valence-electron chi connectivity index (χ3n) is 1.20. The number of halogens is 6. The van der Waals surface area contributed by atoms with Gasteiger partial charge >= 0.3 is 6.18 Å². The average molecular weight is 358 g/mol. The average Bonchev–Trinajstić information content (AvgIpc) is 2.29. The fourth-order valence-corrected chi connectivity index (χ4v) is 2.80. The molecule has 0 bridgehead atoms. The van der Waals surface area contributed by atoms with Gasteiger partial charge in [-0.05, 0) is 22.0 Å². The maximum absolute atomic E-state index is 12.2. The monoisotopic (exact) mass is 356 g/mol. The Morgan fingerprint density at radius 2 is 2.00 bits per heavy atom. The van der Waals surface area contributed by atoms with Crippen molar-refractivity contribution in [1.29, 1.82) is 0 Å². The minimum atomic E-state index is -4.28. The van der Waals surface area contributed by atoms with E-state index in [0.717, 1.165) is 11.3 Å². The van der Waals surface area contributed by atoms with Crippen LogP contribution in [0.5, 0.6) is 0 Å². The molecule has 0 saturated heterocycles. The van der Waals surface area contributed by atoms with E-state index in [4.69, 9.17) is 11.6 Å². The van der Waals surface area contributed by atoms with Gasteiger partial charge in [0, 0.05) is 9.35 Å². The lowest BCUT2D eigenvalue weighted by molar-refractivity contribution is -0.127. The third-order valence-corrected chi connectivity index (χ3v) is 5.06. The molecule has 0 aliphatic rings. The molecule has 0 fully saturated rings. The number of thiophene rings is 1. The van der Waals surface area contributed by atoms with E-state index in [-0.39, 0.29) is 4.88 Å². The molecule has 7 heteroatoms. The lowest BCUT2D eigenvalue weighted by Gasteiger charge is -2.11. The number of hydrogen-bond acceptors (Lipinski definition) is 1. The SMILES string of the molecule is FC(F)(F)C(Br)c1cc(Br)c(Cl)s1. The molecule has 1 heterocycles. The predicted octanol–water partition coefficient (Wildman–Crippen LogP) is 5.16. The van der Waals surface area contributed by atoms with Gasteiger partial charge in [-0.3, -0.25) is 0 Å². The van der Waals surface area contributed by atoms with Crippen LogP contribution in [0.4, 0.5) is 13.2 Å². The van der Waals surface area contributed by atoms with Gasteiger partial charge in [-0.25, -0.2) is 0 Å². The fourth-order valence-electron chi connectivity index (χ4n) is 0.650. The second-order valence-electron chi connectivity index (χ2n) is 2.17. The van der Waals surface area contributed by atoms with E-state index >= 15 is 0 Å². The van der Waals surface area contributed by atoms with Gasteiger partial charge in [-0.1, -0.05) is 27.5 Å². The molecule has 1 rings (SSSR count). The van der Waals surface area contributed by atoms with Crippen LogP contribution in [0.2, 0.25) is 4.34 Å². The molecule has 0 aliphatic carbocycles. The van der Waals surface area contributed by atoms with Crippen LogP contribution in [0.15, 0.2) is 10.5 Å². The topological polar surface area (TPSA) is 0 Å². The maximum Gasteiger partial charge on any atom is 0.405 e. The van der Waals surface area contributed by atoms with E-state index in [0.29, 0.717) is 8.81 Å². The third kappa shape index (κ3) is 2.84. The first kappa shape index (κ1) is 11.8. The summed E-state index contributed by atoms with van der Waals surface area (Å²) in [6, 6.07) is 1.36. The van der Waals surface area contributed by atoms with Gasteiger partial charge in [0.1, 0.15) is 9.16 Å². The van der Waals surface area contributed by atoms with Crippen LogP contribution in [0.3, 0.4) is 0 Å². The Kier molecular flexibility index (Phi) is 3.71. The van der Waals surface area contributed by atoms with Gasteiger partial charge in [0.25, 0.3) is 0 Å². The highest BCUT2D eigenvalue weighted by atomic mass is 79.9. The van der Waals surface area contributed by atoms with Gasteiger partial charge in [0.05, 0.1) is 0 Å². The first-order valence-electron chi connectivity index (χ1n) is 2.98. The number of alkyl halides is 4. The summed E-state index contributed by atoms with van der Waals surface area (Å²) in [5.41, 5.74) is 0. The van der Waals surface area contributed by atoms with E-state index in [1.165, 1.54) is 6.07 Å². The normalized spacial score (nSPS) is 14.6. The molecule has 0 aromatic carbocycles. The number of hydrogen-bond donors (Lipinski definition) is 0. The Labute approximate surface area is 98.3 Å². The molecule has 1 aromatic rings. The highest BCUT2D eigenvalue weighted by Crippen LogP contribution is 2.45. The van der Waals surface area contributed by atoms with Crippen LogP contribution in [-0.4, -0.2) is 6.18 Å². The Bertz CT molecular complexity index is 290. The smallest absolute Gasteiger partial charge is 0.169 e. The number of rotatable bonds is 1. The molecule has 0 amide bonds. The fraction of sp³-hybridized carbons (Fsp3) is 0.333. The second-order valence-corrected chi connectivity index (χ2v) is 5.63. The minimum Gasteiger partial charge on any atom is -0.169 e. The molecular formula is C6H2Br2ClF3S. The van der Waals surface area contributed by atoms with E-state index in [1.807, 2.05) is 0 Å². The molecule has 0 spiro atoms. The Morgan fingerprint density at radius 3 is 2.31 bits per heavy atom. The molecule has 74 valence electrons. The summed E-state index contributed by atoms with van der Waals surface area (Å²) in [5.74, 6) is 0. The van der Waals surface area contributed by atoms with Gasteiger partial charge in [0.2, 0.25) is 0 Å². The predicted molar refractivity (Wildman–Crippen MR) is 54.8 cm³/mol. The van der Waals surface area contributed by atoms with Gasteiger partial charge < -0.3 is 0 Å². The van der Waals surface area contributed by atoms with Gasteiger partial charge in [-0.2, -0.15) is 13.2 Å². The van der Waals surface area contributed by atoms with Crippen molar-refractivity contribution in [1.82, 2.24) is 0 Å². The van der Waals surface area contributed by atoms with Crippen molar-refractivity contribution in [2.45, 2.75) is 11.0 Å². The van der Waals surface area contributed by atoms with Crippen LogP contribution >= 0.6 is 54.8 Å². The zero-order chi connectivity index (χ0) is 10.2. The lowest BCUT2D eigenvalue weighted by Crippen LogP contribution is -2.13. The summed E-state index contributed by atoms with van der Waals surface area (Å²) in [4.78, 5) is -1.50. The molecule has 0 N–H and O–H groups in total. The van der Waals surface area contributed by atoms with Crippen LogP contribution < -0.4 is 0 Å². The molecule has 0 nitrogen and oxygen atoms in total. The molecule has 1 aromatic heterocycles. The lowest BCUT2D eigenvalue weighted by atomic mass is 10.3. The van der Waals surface area contributed by atoms with Gasteiger partial charge in [-0.15, -0.1) is 11.3 Å². The van der Waals surface area contributed by atoms with Crippen molar-refractivity contribution in [2.75, 3.05) is 0 Å². The van der Waals surface area contributed by atoms with Gasteiger partial charge in [0.15, 0.2) is 0 Å².